The first-order chi connectivity index (χ1) is 6.58. The van der Waals surface area contributed by atoms with Crippen molar-refractivity contribution in [3.05, 3.63) is 42.2 Å². The molecule has 0 fully saturated rings. The highest BCUT2D eigenvalue weighted by Crippen LogP contribution is 2.16. The van der Waals surface area contributed by atoms with Gasteiger partial charge < -0.3 is 9.97 Å². The van der Waals surface area contributed by atoms with E-state index in [9.17, 15) is 14.0 Å². The molecular weight excluding hydrogens is 302 g/mol. The summed E-state index contributed by atoms with van der Waals surface area (Å²) in [5, 5.41) is 0. The average molecular weight is 306 g/mol. The Hall–Kier alpha value is -1.18. The molecule has 0 aliphatic rings. The summed E-state index contributed by atoms with van der Waals surface area (Å²) in [6, 6.07) is 2.44. The van der Waals surface area contributed by atoms with Gasteiger partial charge in [-0.15, -0.1) is 0 Å². The average Bonchev–Trinajstić information content (AvgIpc) is 2.08. The number of aromatic amines is 2. The number of halogens is 2. The molecule has 6 heteroatoms. The van der Waals surface area contributed by atoms with E-state index in [2.05, 4.69) is 9.97 Å². The van der Waals surface area contributed by atoms with Gasteiger partial charge in [0.1, 0.15) is 5.82 Å². The summed E-state index contributed by atoms with van der Waals surface area (Å²) < 4.78 is 13.5. The van der Waals surface area contributed by atoms with Gasteiger partial charge in [0.15, 0.2) is 0 Å². The standard InChI is InChI=1S/C8H4FIN2O2/c9-3-1-4(10)6-5(2-3)11-7(13)8(14)12-6/h1-2H,(H,11,13)(H,12,14). The predicted octanol–water partition coefficient (Wildman–Crippen LogP) is 0.960. The fraction of sp³-hybridized carbons (Fsp3) is 0. The largest absolute Gasteiger partial charge is 0.316 e. The zero-order valence-electron chi connectivity index (χ0n) is 6.73. The zero-order chi connectivity index (χ0) is 10.3. The van der Waals surface area contributed by atoms with E-state index < -0.39 is 16.9 Å². The van der Waals surface area contributed by atoms with E-state index in [-0.39, 0.29) is 0 Å². The van der Waals surface area contributed by atoms with Crippen LogP contribution in [0.4, 0.5) is 4.39 Å². The second-order valence-electron chi connectivity index (χ2n) is 2.72. The quantitative estimate of drug-likeness (QED) is 0.562. The van der Waals surface area contributed by atoms with Crippen molar-refractivity contribution in [2.24, 2.45) is 0 Å². The zero-order valence-corrected chi connectivity index (χ0v) is 8.88. The molecule has 0 amide bonds. The van der Waals surface area contributed by atoms with Crippen LogP contribution in [0, 0.1) is 9.39 Å². The van der Waals surface area contributed by atoms with E-state index in [1.165, 1.54) is 6.07 Å². The van der Waals surface area contributed by atoms with Crippen molar-refractivity contribution in [3.63, 3.8) is 0 Å². The van der Waals surface area contributed by atoms with Crippen molar-refractivity contribution >= 4 is 33.6 Å². The minimum atomic E-state index is -0.779. The molecule has 1 aromatic carbocycles. The maximum atomic E-state index is 12.9. The van der Waals surface area contributed by atoms with Crippen molar-refractivity contribution in [2.45, 2.75) is 0 Å². The summed E-state index contributed by atoms with van der Waals surface area (Å²) in [4.78, 5) is 26.6. The van der Waals surface area contributed by atoms with Crippen molar-refractivity contribution in [1.29, 1.82) is 0 Å². The van der Waals surface area contributed by atoms with Crippen LogP contribution < -0.4 is 11.1 Å². The van der Waals surface area contributed by atoms with Gasteiger partial charge in [0.05, 0.1) is 11.0 Å². The Balaban J connectivity index is 3.03. The topological polar surface area (TPSA) is 65.7 Å². The van der Waals surface area contributed by atoms with Gasteiger partial charge in [-0.25, -0.2) is 4.39 Å². The number of hydrogen-bond acceptors (Lipinski definition) is 2. The summed E-state index contributed by atoms with van der Waals surface area (Å²) in [6.07, 6.45) is 0. The minimum Gasteiger partial charge on any atom is -0.316 e. The lowest BCUT2D eigenvalue weighted by Crippen LogP contribution is -2.29. The molecule has 0 aliphatic heterocycles. The predicted molar refractivity (Wildman–Crippen MR) is 57.9 cm³/mol. The molecule has 72 valence electrons. The smallest absolute Gasteiger partial charge is 0.314 e. The summed E-state index contributed by atoms with van der Waals surface area (Å²) >= 11 is 1.88. The first kappa shape index (κ1) is 9.38. The molecule has 2 rings (SSSR count). The Kier molecular flexibility index (Phi) is 2.14. The Morgan fingerprint density at radius 2 is 1.79 bits per heavy atom. The van der Waals surface area contributed by atoms with Gasteiger partial charge in [0.25, 0.3) is 0 Å². The molecule has 1 aromatic heterocycles. The lowest BCUT2D eigenvalue weighted by molar-refractivity contribution is 0.628. The molecule has 0 atom stereocenters. The third kappa shape index (κ3) is 1.45. The molecule has 0 unspecified atom stereocenters. The second kappa shape index (κ2) is 3.19. The maximum absolute atomic E-state index is 12.9. The van der Waals surface area contributed by atoms with Crippen LogP contribution in [0.1, 0.15) is 0 Å². The van der Waals surface area contributed by atoms with Crippen LogP contribution in [0.5, 0.6) is 0 Å². The number of H-pyrrole nitrogens is 2. The third-order valence-corrected chi connectivity index (χ3v) is 2.60. The van der Waals surface area contributed by atoms with E-state index >= 15 is 0 Å². The molecule has 0 saturated heterocycles. The second-order valence-corrected chi connectivity index (χ2v) is 3.88. The highest BCUT2D eigenvalue weighted by molar-refractivity contribution is 14.1. The fourth-order valence-electron chi connectivity index (χ4n) is 1.15. The Bertz CT molecular complexity index is 617. The van der Waals surface area contributed by atoms with Crippen molar-refractivity contribution in [3.8, 4) is 0 Å². The molecular formula is C8H4FIN2O2. The Labute approximate surface area is 90.3 Å². The summed E-state index contributed by atoms with van der Waals surface area (Å²) in [5.74, 6) is -0.454. The number of fused-ring (bicyclic) bond motifs is 1. The molecule has 0 saturated carbocycles. The number of benzene rings is 1. The molecule has 0 bridgehead atoms. The molecule has 0 radical (unpaired) electrons. The molecule has 14 heavy (non-hydrogen) atoms. The van der Waals surface area contributed by atoms with Crippen LogP contribution in [0.15, 0.2) is 21.7 Å². The van der Waals surface area contributed by atoms with E-state index in [4.69, 9.17) is 0 Å². The van der Waals surface area contributed by atoms with Gasteiger partial charge in [-0.05, 0) is 34.7 Å². The summed E-state index contributed by atoms with van der Waals surface area (Å²) in [5.41, 5.74) is -0.781. The Morgan fingerprint density at radius 1 is 1.14 bits per heavy atom. The van der Waals surface area contributed by atoms with E-state index in [1.807, 2.05) is 22.6 Å². The molecule has 0 spiro atoms. The van der Waals surface area contributed by atoms with Gasteiger partial charge >= 0.3 is 11.1 Å². The van der Waals surface area contributed by atoms with Crippen LogP contribution >= 0.6 is 22.6 Å². The molecule has 0 aliphatic carbocycles. The summed E-state index contributed by atoms with van der Waals surface area (Å²) in [6.45, 7) is 0. The lowest BCUT2D eigenvalue weighted by atomic mass is 10.3. The van der Waals surface area contributed by atoms with Crippen LogP contribution in [0.25, 0.3) is 11.0 Å². The van der Waals surface area contributed by atoms with Crippen LogP contribution in [0.2, 0.25) is 0 Å². The maximum Gasteiger partial charge on any atom is 0.314 e. The summed E-state index contributed by atoms with van der Waals surface area (Å²) in [7, 11) is 0. The number of nitrogens with one attached hydrogen (secondary N) is 2. The Morgan fingerprint density at radius 3 is 2.50 bits per heavy atom. The van der Waals surface area contributed by atoms with Crippen LogP contribution in [0.3, 0.4) is 0 Å². The van der Waals surface area contributed by atoms with Gasteiger partial charge in [0.2, 0.25) is 0 Å². The van der Waals surface area contributed by atoms with Crippen LogP contribution in [-0.4, -0.2) is 9.97 Å². The lowest BCUT2D eigenvalue weighted by Gasteiger charge is -1.99. The monoisotopic (exact) mass is 306 g/mol. The van der Waals surface area contributed by atoms with Crippen LogP contribution in [-0.2, 0) is 0 Å². The van der Waals surface area contributed by atoms with Gasteiger partial charge in [0, 0.05) is 3.57 Å². The van der Waals surface area contributed by atoms with Gasteiger partial charge in [-0.2, -0.15) is 0 Å². The highest BCUT2D eigenvalue weighted by Gasteiger charge is 2.04. The van der Waals surface area contributed by atoms with E-state index in [0.29, 0.717) is 14.6 Å². The first-order valence-corrected chi connectivity index (χ1v) is 4.77. The van der Waals surface area contributed by atoms with E-state index in [0.717, 1.165) is 6.07 Å². The minimum absolute atomic E-state index is 0.291. The molecule has 2 aromatic rings. The van der Waals surface area contributed by atoms with E-state index in [1.54, 1.807) is 0 Å². The number of rotatable bonds is 0. The normalized spacial score (nSPS) is 10.7. The third-order valence-electron chi connectivity index (χ3n) is 1.75. The SMILES string of the molecule is O=c1[nH]c2cc(F)cc(I)c2[nH]c1=O. The van der Waals surface area contributed by atoms with Crippen molar-refractivity contribution < 1.29 is 4.39 Å². The van der Waals surface area contributed by atoms with Gasteiger partial charge in [-0.3, -0.25) is 9.59 Å². The van der Waals surface area contributed by atoms with Gasteiger partial charge in [-0.1, -0.05) is 0 Å². The molecule has 4 nitrogen and oxygen atoms in total. The molecule has 1 heterocycles. The molecule has 2 N–H and O–H groups in total. The van der Waals surface area contributed by atoms with Crippen molar-refractivity contribution in [2.75, 3.05) is 0 Å². The number of aromatic nitrogens is 2. The fourth-order valence-corrected chi connectivity index (χ4v) is 1.87. The van der Waals surface area contributed by atoms with Crippen molar-refractivity contribution in [1.82, 2.24) is 9.97 Å². The number of hydrogen-bond donors (Lipinski definition) is 2. The first-order valence-electron chi connectivity index (χ1n) is 3.69. The highest BCUT2D eigenvalue weighted by atomic mass is 127.